The van der Waals surface area contributed by atoms with Crippen LogP contribution in [0.2, 0.25) is 0 Å². The van der Waals surface area contributed by atoms with Crippen LogP contribution in [-0.4, -0.2) is 4.98 Å². The van der Waals surface area contributed by atoms with Gasteiger partial charge in [-0.05, 0) is 109 Å². The molecule has 0 bridgehead atoms. The number of pyridine rings is 1. The summed E-state index contributed by atoms with van der Waals surface area (Å²) in [6, 6.07) is 37.5. The van der Waals surface area contributed by atoms with E-state index in [-0.39, 0.29) is 0 Å². The van der Waals surface area contributed by atoms with Crippen molar-refractivity contribution >= 4 is 33.2 Å². The summed E-state index contributed by atoms with van der Waals surface area (Å²) < 4.78 is 0. The molecule has 1 aliphatic rings. The lowest BCUT2D eigenvalue weighted by Crippen LogP contribution is -2.06. The summed E-state index contributed by atoms with van der Waals surface area (Å²) in [7, 11) is 0. The fourth-order valence-electron chi connectivity index (χ4n) is 6.64. The van der Waals surface area contributed by atoms with E-state index < -0.39 is 0 Å². The van der Waals surface area contributed by atoms with Crippen molar-refractivity contribution < 1.29 is 0 Å². The van der Waals surface area contributed by atoms with E-state index in [9.17, 15) is 0 Å². The lowest BCUT2D eigenvalue weighted by atomic mass is 9.76. The normalized spacial score (nSPS) is 14.4. The maximum absolute atomic E-state index is 4.52. The van der Waals surface area contributed by atoms with Crippen molar-refractivity contribution in [1.82, 2.24) is 4.98 Å². The molecule has 1 aliphatic carbocycles. The highest BCUT2D eigenvalue weighted by atomic mass is 14.7. The smallest absolute Gasteiger partial charge is 0.0470 e. The van der Waals surface area contributed by atoms with Crippen LogP contribution in [0.25, 0.3) is 55.4 Å². The highest BCUT2D eigenvalue weighted by Crippen LogP contribution is 2.48. The first-order valence-electron chi connectivity index (χ1n) is 15.2. The molecule has 1 atom stereocenters. The number of fused-ring (bicyclic) bond motifs is 3. The molecular formula is C42H35N. The van der Waals surface area contributed by atoms with E-state index in [0.29, 0.717) is 5.92 Å². The van der Waals surface area contributed by atoms with Crippen LogP contribution in [0.1, 0.15) is 47.2 Å². The largest absolute Gasteiger partial charge is 0.261 e. The minimum absolute atomic E-state index is 0.428. The molecule has 0 radical (unpaired) electrons. The molecule has 0 aliphatic heterocycles. The van der Waals surface area contributed by atoms with Gasteiger partial charge in [0.25, 0.3) is 0 Å². The average molecular weight is 554 g/mol. The van der Waals surface area contributed by atoms with E-state index in [1.807, 2.05) is 12.3 Å². The summed E-state index contributed by atoms with van der Waals surface area (Å²) >= 11 is 0. The van der Waals surface area contributed by atoms with Crippen molar-refractivity contribution in [2.75, 3.05) is 0 Å². The van der Waals surface area contributed by atoms with Crippen molar-refractivity contribution in [2.24, 2.45) is 0 Å². The minimum Gasteiger partial charge on any atom is -0.261 e. The van der Waals surface area contributed by atoms with Crippen LogP contribution in [-0.2, 0) is 6.42 Å². The zero-order chi connectivity index (χ0) is 29.3. The van der Waals surface area contributed by atoms with E-state index in [0.717, 1.165) is 29.7 Å². The van der Waals surface area contributed by atoms with Crippen LogP contribution in [0.5, 0.6) is 0 Å². The number of hydrogen-bond donors (Lipinski definition) is 0. The lowest BCUT2D eigenvalue weighted by molar-refractivity contribution is 0.775. The highest BCUT2D eigenvalue weighted by Gasteiger charge is 2.25. The Morgan fingerprint density at radius 1 is 0.814 bits per heavy atom. The molecule has 208 valence electrons. The van der Waals surface area contributed by atoms with E-state index in [4.69, 9.17) is 0 Å². The van der Waals surface area contributed by atoms with Gasteiger partial charge in [-0.25, -0.2) is 0 Å². The number of allylic oxidation sites excluding steroid dienone is 4. The van der Waals surface area contributed by atoms with Gasteiger partial charge >= 0.3 is 0 Å². The Morgan fingerprint density at radius 3 is 2.40 bits per heavy atom. The number of aryl methyl sites for hydroxylation is 1. The van der Waals surface area contributed by atoms with Gasteiger partial charge in [-0.3, -0.25) is 4.98 Å². The first kappa shape index (κ1) is 26.9. The number of hydrogen-bond acceptors (Lipinski definition) is 1. The molecule has 1 nitrogen and oxygen atoms in total. The predicted molar refractivity (Wildman–Crippen MR) is 185 cm³/mol. The molecule has 0 saturated heterocycles. The average Bonchev–Trinajstić information content (AvgIpc) is 3.04. The molecule has 1 heterocycles. The fourth-order valence-corrected chi connectivity index (χ4v) is 6.64. The van der Waals surface area contributed by atoms with E-state index in [1.165, 1.54) is 60.5 Å². The van der Waals surface area contributed by atoms with Crippen molar-refractivity contribution in [3.05, 3.63) is 162 Å². The quantitative estimate of drug-likeness (QED) is 0.187. The van der Waals surface area contributed by atoms with Gasteiger partial charge in [-0.1, -0.05) is 123 Å². The maximum atomic E-state index is 4.52. The van der Waals surface area contributed by atoms with Gasteiger partial charge in [0.1, 0.15) is 0 Å². The second kappa shape index (κ2) is 11.3. The summed E-state index contributed by atoms with van der Waals surface area (Å²) in [5.74, 6) is 0.428. The van der Waals surface area contributed by atoms with Crippen LogP contribution in [0.4, 0.5) is 0 Å². The van der Waals surface area contributed by atoms with Gasteiger partial charge in [0.15, 0.2) is 0 Å². The molecule has 6 aromatic rings. The Bertz CT molecular complexity index is 2060. The number of aromatic nitrogens is 1. The highest BCUT2D eigenvalue weighted by molar-refractivity contribution is 6.11. The van der Waals surface area contributed by atoms with Gasteiger partial charge in [0.05, 0.1) is 0 Å². The Morgan fingerprint density at radius 2 is 1.58 bits per heavy atom. The number of rotatable bonds is 6. The van der Waals surface area contributed by atoms with Gasteiger partial charge in [0.2, 0.25) is 0 Å². The molecule has 1 unspecified atom stereocenters. The van der Waals surface area contributed by atoms with Crippen LogP contribution in [0.3, 0.4) is 0 Å². The second-order valence-corrected chi connectivity index (χ2v) is 11.7. The summed E-state index contributed by atoms with van der Waals surface area (Å²) in [4.78, 5) is 4.52. The van der Waals surface area contributed by atoms with Gasteiger partial charge in [0, 0.05) is 18.3 Å². The van der Waals surface area contributed by atoms with Gasteiger partial charge < -0.3 is 0 Å². The first-order chi connectivity index (χ1) is 21.1. The monoisotopic (exact) mass is 553 g/mol. The molecule has 0 fully saturated rings. The third-order valence-electron chi connectivity index (χ3n) is 8.87. The third kappa shape index (κ3) is 5.02. The molecular weight excluding hydrogens is 518 g/mol. The van der Waals surface area contributed by atoms with Crippen molar-refractivity contribution in [1.29, 1.82) is 0 Å². The number of nitrogens with zero attached hydrogens (tertiary/aromatic N) is 1. The Hall–Kier alpha value is -5.01. The molecule has 0 N–H and O–H groups in total. The predicted octanol–water partition coefficient (Wildman–Crippen LogP) is 11.4. The zero-order valence-electron chi connectivity index (χ0n) is 24.8. The minimum atomic E-state index is 0.428. The van der Waals surface area contributed by atoms with Crippen molar-refractivity contribution in [3.63, 3.8) is 0 Å². The summed E-state index contributed by atoms with van der Waals surface area (Å²) in [6.45, 7) is 8.88. The van der Waals surface area contributed by atoms with Gasteiger partial charge in [-0.2, -0.15) is 0 Å². The molecule has 0 amide bonds. The Balaban J connectivity index is 1.34. The summed E-state index contributed by atoms with van der Waals surface area (Å²) in [6.07, 6.45) is 12.7. The van der Waals surface area contributed by atoms with Crippen LogP contribution < -0.4 is 0 Å². The van der Waals surface area contributed by atoms with Gasteiger partial charge in [-0.15, -0.1) is 0 Å². The molecule has 7 rings (SSSR count). The number of benzene rings is 5. The topological polar surface area (TPSA) is 12.9 Å². The third-order valence-corrected chi connectivity index (χ3v) is 8.87. The van der Waals surface area contributed by atoms with E-state index in [2.05, 4.69) is 147 Å². The second-order valence-electron chi connectivity index (χ2n) is 11.7. The molecule has 1 heteroatoms. The van der Waals surface area contributed by atoms with E-state index in [1.54, 1.807) is 0 Å². The molecule has 0 saturated carbocycles. The fraction of sp³-hybridized carbons (Fsp3) is 0.119. The maximum Gasteiger partial charge on any atom is 0.0470 e. The zero-order valence-corrected chi connectivity index (χ0v) is 24.8. The Kier molecular flexibility index (Phi) is 7.09. The molecule has 1 aromatic heterocycles. The Labute approximate surface area is 254 Å². The van der Waals surface area contributed by atoms with Crippen LogP contribution >= 0.6 is 0 Å². The standard InChI is InChI=1S/C42H35N/c1-28(12-10-20-39-29(2)14-11-25-43-39)33-23-21-31-22-24-34(27-35(31)26-33)42-37-18-8-7-17-36(37)41(32-15-5-4-6-16-32)38-19-9-13-30(3)40(38)42/h4-12,14-19,21-27,30H,1,13,20H2,2-3H3/b12-10-. The van der Waals surface area contributed by atoms with E-state index >= 15 is 0 Å². The first-order valence-corrected chi connectivity index (χ1v) is 15.2. The molecule has 43 heavy (non-hydrogen) atoms. The van der Waals surface area contributed by atoms with Crippen molar-refractivity contribution in [2.45, 2.75) is 32.6 Å². The lowest BCUT2D eigenvalue weighted by Gasteiger charge is -2.27. The van der Waals surface area contributed by atoms with Crippen molar-refractivity contribution in [3.8, 4) is 22.3 Å². The summed E-state index contributed by atoms with van der Waals surface area (Å²) in [5.41, 5.74) is 12.5. The SMILES string of the molecule is C=C(/C=C\Cc1ncccc1C)c1ccc2ccc(-c3c4c(c(-c5ccccc5)c5ccccc35)C=CCC4C)cc2c1. The van der Waals surface area contributed by atoms with Crippen LogP contribution in [0.15, 0.2) is 134 Å². The summed E-state index contributed by atoms with van der Waals surface area (Å²) in [5, 5.41) is 5.08. The molecule has 0 spiro atoms. The van der Waals surface area contributed by atoms with Crippen LogP contribution in [0, 0.1) is 6.92 Å². The molecule has 5 aromatic carbocycles.